The predicted octanol–water partition coefficient (Wildman–Crippen LogP) is 6.83. The smallest absolute Gasteiger partial charge is 0.338 e. The van der Waals surface area contributed by atoms with Crippen molar-refractivity contribution in [3.63, 3.8) is 0 Å². The van der Waals surface area contributed by atoms with Gasteiger partial charge in [0.15, 0.2) is 0 Å². The quantitative estimate of drug-likeness (QED) is 0.332. The van der Waals surface area contributed by atoms with Crippen molar-refractivity contribution in [2.45, 2.75) is 72.8 Å². The van der Waals surface area contributed by atoms with E-state index in [1.165, 1.54) is 5.56 Å². The van der Waals surface area contributed by atoms with E-state index in [1.54, 1.807) is 19.1 Å². The second-order valence-electron chi connectivity index (χ2n) is 10.1. The lowest BCUT2D eigenvalue weighted by Gasteiger charge is -2.26. The topological polar surface area (TPSA) is 68.9 Å². The van der Waals surface area contributed by atoms with Gasteiger partial charge >= 0.3 is 5.97 Å². The molecule has 1 heterocycles. The maximum Gasteiger partial charge on any atom is 0.338 e. The Morgan fingerprint density at radius 3 is 2.50 bits per heavy atom. The number of carbonyl (C=O) groups is 1. The third kappa shape index (κ3) is 6.41. The predicted molar refractivity (Wildman–Crippen MR) is 136 cm³/mol. The molecule has 5 nitrogen and oxygen atoms in total. The zero-order valence-electron chi connectivity index (χ0n) is 21.3. The fourth-order valence-electron chi connectivity index (χ4n) is 3.93. The maximum atomic E-state index is 12.0. The van der Waals surface area contributed by atoms with E-state index in [0.717, 1.165) is 41.7 Å². The average Bonchev–Trinajstić information content (AvgIpc) is 3.21. The van der Waals surface area contributed by atoms with E-state index < -0.39 is 6.10 Å². The molecule has 0 radical (unpaired) electrons. The Morgan fingerprint density at radius 2 is 1.85 bits per heavy atom. The van der Waals surface area contributed by atoms with Crippen LogP contribution in [0, 0.1) is 12.3 Å². The van der Waals surface area contributed by atoms with Crippen LogP contribution in [-0.2, 0) is 11.2 Å². The molecule has 0 bridgehead atoms. The summed E-state index contributed by atoms with van der Waals surface area (Å²) in [6, 6.07) is 13.8. The number of aliphatic hydroxyl groups is 1. The number of aliphatic hydroxyl groups excluding tert-OH is 1. The number of rotatable bonds is 10. The lowest BCUT2D eigenvalue weighted by molar-refractivity contribution is 0.0216. The highest BCUT2D eigenvalue weighted by atomic mass is 16.5. The van der Waals surface area contributed by atoms with E-state index in [4.69, 9.17) is 13.9 Å². The molecule has 3 rings (SSSR count). The summed E-state index contributed by atoms with van der Waals surface area (Å²) in [5.41, 5.74) is 3.34. The monoisotopic (exact) mass is 466 g/mol. The summed E-state index contributed by atoms with van der Waals surface area (Å²) in [6.45, 7) is 12.7. The van der Waals surface area contributed by atoms with Crippen molar-refractivity contribution in [3.05, 3.63) is 64.9 Å². The van der Waals surface area contributed by atoms with E-state index in [1.807, 2.05) is 39.8 Å². The molecule has 0 fully saturated rings. The molecule has 5 heteroatoms. The van der Waals surface area contributed by atoms with E-state index in [-0.39, 0.29) is 23.9 Å². The molecular weight excluding hydrogens is 428 g/mol. The molecular formula is C29H38O5. The molecule has 184 valence electrons. The number of fused-ring (bicyclic) bond motifs is 1. The molecule has 2 aromatic carbocycles. The van der Waals surface area contributed by atoms with Crippen molar-refractivity contribution >= 4 is 16.9 Å². The van der Waals surface area contributed by atoms with Gasteiger partial charge in [0.1, 0.15) is 23.7 Å². The molecule has 0 aliphatic carbocycles. The van der Waals surface area contributed by atoms with Gasteiger partial charge in [0.25, 0.3) is 0 Å². The molecule has 1 aromatic heterocycles. The second-order valence-corrected chi connectivity index (χ2v) is 10.1. The Balaban J connectivity index is 1.65. The summed E-state index contributed by atoms with van der Waals surface area (Å²) < 4.78 is 17.1. The van der Waals surface area contributed by atoms with Crippen LogP contribution in [0.4, 0.5) is 0 Å². The molecule has 2 atom stereocenters. The Bertz CT molecular complexity index is 1110. The van der Waals surface area contributed by atoms with Gasteiger partial charge in [-0.2, -0.15) is 0 Å². The van der Waals surface area contributed by atoms with Gasteiger partial charge in [0.2, 0.25) is 0 Å². The Morgan fingerprint density at radius 1 is 1.09 bits per heavy atom. The minimum atomic E-state index is -0.519. The van der Waals surface area contributed by atoms with Crippen molar-refractivity contribution in [2.75, 3.05) is 13.2 Å². The molecule has 0 aliphatic heterocycles. The van der Waals surface area contributed by atoms with E-state index in [2.05, 4.69) is 25.1 Å². The number of hydrogen-bond donors (Lipinski definition) is 1. The van der Waals surface area contributed by atoms with Crippen LogP contribution in [0.2, 0.25) is 0 Å². The van der Waals surface area contributed by atoms with E-state index in [0.29, 0.717) is 17.8 Å². The third-order valence-corrected chi connectivity index (χ3v) is 6.36. The van der Waals surface area contributed by atoms with Crippen molar-refractivity contribution in [2.24, 2.45) is 5.41 Å². The summed E-state index contributed by atoms with van der Waals surface area (Å²) in [5.74, 6) is 1.72. The minimum Gasteiger partial charge on any atom is -0.491 e. The first kappa shape index (κ1) is 25.8. The van der Waals surface area contributed by atoms with Gasteiger partial charge in [-0.3, -0.25) is 0 Å². The molecule has 0 saturated carbocycles. The lowest BCUT2D eigenvalue weighted by atomic mass is 9.90. The van der Waals surface area contributed by atoms with Crippen LogP contribution in [-0.4, -0.2) is 30.4 Å². The molecule has 0 amide bonds. The molecule has 0 saturated heterocycles. The number of furan rings is 1. The number of benzene rings is 2. The standard InChI is InChI=1S/C29H38O5/c1-7-21(25-16-22-12-13-23(17-26(22)34-25)28(31)32-8-2)11-9-20-10-14-24(19(3)15-20)33-18-27(30)29(4,5)6/h10,12-17,21,27,30H,7-9,11,18H2,1-6H3. The number of esters is 1. The molecule has 1 N–H and O–H groups in total. The van der Waals surface area contributed by atoms with Crippen molar-refractivity contribution in [3.8, 4) is 5.75 Å². The van der Waals surface area contributed by atoms with Crippen LogP contribution in [0.5, 0.6) is 5.75 Å². The first-order valence-electron chi connectivity index (χ1n) is 12.2. The van der Waals surface area contributed by atoms with Crippen LogP contribution in [0.1, 0.15) is 80.6 Å². The molecule has 3 aromatic rings. The third-order valence-electron chi connectivity index (χ3n) is 6.36. The molecule has 34 heavy (non-hydrogen) atoms. The van der Waals surface area contributed by atoms with Gasteiger partial charge in [0.05, 0.1) is 18.3 Å². The minimum absolute atomic E-state index is 0.208. The summed E-state index contributed by atoms with van der Waals surface area (Å²) in [6.07, 6.45) is 2.34. The first-order valence-corrected chi connectivity index (χ1v) is 12.2. The number of aryl methyl sites for hydroxylation is 2. The number of ether oxygens (including phenoxy) is 2. The van der Waals surface area contributed by atoms with Crippen molar-refractivity contribution in [1.29, 1.82) is 0 Å². The van der Waals surface area contributed by atoms with Gasteiger partial charge in [-0.25, -0.2) is 4.79 Å². The second kappa shape index (κ2) is 11.1. The molecule has 2 unspecified atom stereocenters. The molecule has 0 aliphatic rings. The zero-order valence-corrected chi connectivity index (χ0v) is 21.3. The van der Waals surface area contributed by atoms with E-state index in [9.17, 15) is 9.90 Å². The highest BCUT2D eigenvalue weighted by Gasteiger charge is 2.23. The van der Waals surface area contributed by atoms with E-state index >= 15 is 0 Å². The van der Waals surface area contributed by atoms with Gasteiger partial charge in [-0.05, 0) is 73.9 Å². The first-order chi connectivity index (χ1) is 16.1. The van der Waals surface area contributed by atoms with Gasteiger partial charge in [-0.15, -0.1) is 0 Å². The van der Waals surface area contributed by atoms with Crippen LogP contribution in [0.25, 0.3) is 11.0 Å². The largest absolute Gasteiger partial charge is 0.491 e. The summed E-state index contributed by atoms with van der Waals surface area (Å²) in [5, 5.41) is 11.2. The van der Waals surface area contributed by atoms with Crippen molar-refractivity contribution < 1.29 is 23.8 Å². The van der Waals surface area contributed by atoms with Crippen molar-refractivity contribution in [1.82, 2.24) is 0 Å². The lowest BCUT2D eigenvalue weighted by Crippen LogP contribution is -2.32. The average molecular weight is 467 g/mol. The summed E-state index contributed by atoms with van der Waals surface area (Å²) >= 11 is 0. The summed E-state index contributed by atoms with van der Waals surface area (Å²) in [7, 11) is 0. The van der Waals surface area contributed by atoms with Crippen LogP contribution in [0.15, 0.2) is 46.9 Å². The fourth-order valence-corrected chi connectivity index (χ4v) is 3.93. The maximum absolute atomic E-state index is 12.0. The zero-order chi connectivity index (χ0) is 24.9. The highest BCUT2D eigenvalue weighted by Crippen LogP contribution is 2.32. The van der Waals surface area contributed by atoms with Gasteiger partial charge in [-0.1, -0.05) is 45.9 Å². The SMILES string of the molecule is CCOC(=O)c1ccc2cc(C(CC)CCc3ccc(OCC(O)C(C)(C)C)c(C)c3)oc2c1. The van der Waals surface area contributed by atoms with Gasteiger partial charge in [0, 0.05) is 11.3 Å². The van der Waals surface area contributed by atoms with Crippen LogP contribution < -0.4 is 4.74 Å². The number of carbonyl (C=O) groups excluding carboxylic acids is 1. The van der Waals surface area contributed by atoms with Crippen LogP contribution >= 0.6 is 0 Å². The number of hydrogen-bond acceptors (Lipinski definition) is 5. The highest BCUT2D eigenvalue weighted by molar-refractivity contribution is 5.94. The summed E-state index contributed by atoms with van der Waals surface area (Å²) in [4.78, 5) is 12.0. The Kier molecular flexibility index (Phi) is 8.42. The normalized spacial score (nSPS) is 13.6. The van der Waals surface area contributed by atoms with Crippen LogP contribution in [0.3, 0.4) is 0 Å². The van der Waals surface area contributed by atoms with Gasteiger partial charge < -0.3 is 19.0 Å². The Labute approximate surface area is 203 Å². The fraction of sp³-hybridized carbons (Fsp3) is 0.483. The molecule has 0 spiro atoms. The Hall–Kier alpha value is -2.79.